The maximum atomic E-state index is 9.73. The molecule has 0 spiro atoms. The van der Waals surface area contributed by atoms with E-state index in [4.69, 9.17) is 0 Å². The Morgan fingerprint density at radius 2 is 1.88 bits per heavy atom. The van der Waals surface area contributed by atoms with Gasteiger partial charge in [0.1, 0.15) is 5.49 Å². The van der Waals surface area contributed by atoms with Gasteiger partial charge in [0.2, 0.25) is 0 Å². The normalized spacial score (nSPS) is 12.6. The van der Waals surface area contributed by atoms with Crippen molar-refractivity contribution in [3.8, 4) is 11.1 Å². The molecule has 1 aliphatic carbocycles. The number of fused-ring (bicyclic) bond motifs is 1. The first-order chi connectivity index (χ1) is 15.0. The first-order valence-corrected chi connectivity index (χ1v) is 11.0. The minimum atomic E-state index is 0. The van der Waals surface area contributed by atoms with Crippen LogP contribution in [0.25, 0.3) is 28.2 Å². The zero-order chi connectivity index (χ0) is 22.4. The Bertz CT molecular complexity index is 1130. The summed E-state index contributed by atoms with van der Waals surface area (Å²) >= 11 is 0. The average molecular weight is 658 g/mol. The summed E-state index contributed by atoms with van der Waals surface area (Å²) < 4.78 is 1.92. The van der Waals surface area contributed by atoms with Crippen molar-refractivity contribution >= 4 is 22.9 Å². The number of aryl methyl sites for hydroxylation is 2. The summed E-state index contributed by atoms with van der Waals surface area (Å²) in [5.41, 5.74) is 5.96. The Hall–Kier alpha value is -1.94. The van der Waals surface area contributed by atoms with Crippen LogP contribution in [-0.2, 0) is 6.42 Å². The summed E-state index contributed by atoms with van der Waals surface area (Å²) in [7, 11) is 3.31. The van der Waals surface area contributed by atoms with Gasteiger partial charge < -0.3 is 4.57 Å². The molecular formula is C25H33N5OU. The van der Waals surface area contributed by atoms with Crippen LogP contribution in [0.3, 0.4) is 0 Å². The molecule has 32 heavy (non-hydrogen) atoms. The number of anilines is 1. The summed E-state index contributed by atoms with van der Waals surface area (Å²) in [6.45, 7) is 8.26. The maximum absolute atomic E-state index is 9.73. The first kappa shape index (κ1) is 26.3. The van der Waals surface area contributed by atoms with Crippen molar-refractivity contribution in [2.75, 3.05) is 19.2 Å². The van der Waals surface area contributed by atoms with Gasteiger partial charge in [-0.15, -0.1) is 0 Å². The van der Waals surface area contributed by atoms with Gasteiger partial charge in [-0.05, 0) is 37.5 Å². The smallest absolute Gasteiger partial charge is 0.153 e. The van der Waals surface area contributed by atoms with Crippen LogP contribution < -0.4 is 10.6 Å². The number of unbranched alkanes of at least 4 members (excludes halogenated alkanes) is 1. The molecule has 1 N–H and O–H groups in total. The zero-order valence-electron chi connectivity index (χ0n) is 19.6. The standard InChI is InChI=1S/C22H27N5O.C3H6.U/c1-6-8-9-17-10-15(3)19(14-24-17)18-11-16-13-25-21(26(5)28)12-20(16)27(7-2)22(18)23-4;1-2-3-1;/h7,10-14,28H,2,6,8-9H2,1,3-5H3;1-3H2;. The minimum Gasteiger partial charge on any atom is -0.301 e. The third-order valence-electron chi connectivity index (χ3n) is 5.25. The van der Waals surface area contributed by atoms with E-state index in [0.29, 0.717) is 5.82 Å². The third-order valence-corrected chi connectivity index (χ3v) is 5.25. The SMILES string of the molecule is C1CC1.C=Cn1c(=NC)c(-c2cnc(CCCC)cc2C)cc2cnc(N(C)O)cc21.[U]. The summed E-state index contributed by atoms with van der Waals surface area (Å²) in [5.74, 6) is 0.455. The minimum absolute atomic E-state index is 0. The van der Waals surface area contributed by atoms with Gasteiger partial charge in [-0.25, -0.2) is 10.0 Å². The second kappa shape index (κ2) is 12.3. The molecule has 0 bridgehead atoms. The van der Waals surface area contributed by atoms with Crippen LogP contribution >= 0.6 is 0 Å². The first-order valence-electron chi connectivity index (χ1n) is 11.0. The molecule has 3 aromatic heterocycles. The molecule has 0 aromatic carbocycles. The number of hydroxylamine groups is 1. The summed E-state index contributed by atoms with van der Waals surface area (Å²) in [6.07, 6.45) is 13.2. The van der Waals surface area contributed by atoms with Crippen molar-refractivity contribution in [1.82, 2.24) is 14.5 Å². The van der Waals surface area contributed by atoms with Gasteiger partial charge in [0, 0.05) is 92.1 Å². The van der Waals surface area contributed by atoms with E-state index in [1.807, 2.05) is 16.8 Å². The summed E-state index contributed by atoms with van der Waals surface area (Å²) in [6, 6.07) is 6.05. The van der Waals surface area contributed by atoms with Crippen molar-refractivity contribution < 1.29 is 36.3 Å². The Labute approximate surface area is 214 Å². The van der Waals surface area contributed by atoms with Gasteiger partial charge >= 0.3 is 0 Å². The molecule has 0 saturated heterocycles. The number of pyridine rings is 3. The van der Waals surface area contributed by atoms with Crippen LogP contribution in [0.1, 0.15) is 50.3 Å². The fraction of sp³-hybridized carbons (Fsp3) is 0.400. The topological polar surface area (TPSA) is 66.5 Å². The van der Waals surface area contributed by atoms with Crippen LogP contribution in [0.5, 0.6) is 0 Å². The van der Waals surface area contributed by atoms with Gasteiger partial charge in [-0.1, -0.05) is 39.2 Å². The van der Waals surface area contributed by atoms with Crippen molar-refractivity contribution in [3.05, 3.63) is 53.9 Å². The molecule has 168 valence electrons. The summed E-state index contributed by atoms with van der Waals surface area (Å²) in [4.78, 5) is 13.5. The molecule has 1 fully saturated rings. The molecule has 1 saturated carbocycles. The molecule has 4 rings (SSSR count). The Morgan fingerprint density at radius 3 is 2.41 bits per heavy atom. The average Bonchev–Trinajstić information content (AvgIpc) is 3.65. The molecular weight excluding hydrogens is 624 g/mol. The van der Waals surface area contributed by atoms with E-state index in [1.165, 1.54) is 24.8 Å². The number of rotatable bonds is 6. The number of hydrogen-bond donors (Lipinski definition) is 1. The van der Waals surface area contributed by atoms with Gasteiger partial charge in [0.25, 0.3) is 0 Å². The Kier molecular flexibility index (Phi) is 10.1. The van der Waals surface area contributed by atoms with E-state index < -0.39 is 0 Å². The second-order valence-electron chi connectivity index (χ2n) is 7.94. The van der Waals surface area contributed by atoms with Crippen molar-refractivity contribution in [2.24, 2.45) is 4.99 Å². The van der Waals surface area contributed by atoms with Crippen molar-refractivity contribution in [1.29, 1.82) is 0 Å². The van der Waals surface area contributed by atoms with Crippen LogP contribution in [0.4, 0.5) is 5.82 Å². The molecule has 3 heterocycles. The molecule has 0 radical (unpaired) electrons. The van der Waals surface area contributed by atoms with E-state index in [1.54, 1.807) is 26.5 Å². The molecule has 3 aromatic rings. The van der Waals surface area contributed by atoms with E-state index >= 15 is 0 Å². The van der Waals surface area contributed by atoms with E-state index in [2.05, 4.69) is 47.5 Å². The Balaban J connectivity index is 0.000000836. The van der Waals surface area contributed by atoms with Gasteiger partial charge in [-0.2, -0.15) is 0 Å². The molecule has 1 aliphatic rings. The fourth-order valence-corrected chi connectivity index (χ4v) is 3.41. The largest absolute Gasteiger partial charge is 0.301 e. The quantitative estimate of drug-likeness (QED) is 0.362. The van der Waals surface area contributed by atoms with Crippen molar-refractivity contribution in [3.63, 3.8) is 0 Å². The van der Waals surface area contributed by atoms with Gasteiger partial charge in [0.15, 0.2) is 5.82 Å². The van der Waals surface area contributed by atoms with Gasteiger partial charge in [0.05, 0.1) is 5.52 Å². The second-order valence-corrected chi connectivity index (χ2v) is 7.94. The summed E-state index contributed by atoms with van der Waals surface area (Å²) in [5, 5.41) is 11.7. The van der Waals surface area contributed by atoms with E-state index in [-0.39, 0.29) is 31.1 Å². The van der Waals surface area contributed by atoms with Crippen LogP contribution in [0.15, 0.2) is 42.2 Å². The monoisotopic (exact) mass is 657 g/mol. The van der Waals surface area contributed by atoms with E-state index in [9.17, 15) is 5.21 Å². The van der Waals surface area contributed by atoms with Crippen molar-refractivity contribution in [2.45, 2.75) is 52.4 Å². The molecule has 7 heteroatoms. The van der Waals surface area contributed by atoms with Crippen LogP contribution in [0, 0.1) is 38.0 Å². The molecule has 0 unspecified atom stereocenters. The third kappa shape index (κ3) is 6.31. The van der Waals surface area contributed by atoms with Gasteiger partial charge in [-0.3, -0.25) is 15.2 Å². The number of nitrogens with zero attached hydrogens (tertiary/aromatic N) is 5. The maximum Gasteiger partial charge on any atom is 0.153 e. The van der Waals surface area contributed by atoms with Crippen LogP contribution in [-0.4, -0.2) is 33.8 Å². The zero-order valence-corrected chi connectivity index (χ0v) is 23.8. The predicted molar refractivity (Wildman–Crippen MR) is 128 cm³/mol. The van der Waals surface area contributed by atoms with Crippen LogP contribution in [0.2, 0.25) is 0 Å². The molecule has 0 amide bonds. The molecule has 0 atom stereocenters. The number of hydrogen-bond acceptors (Lipinski definition) is 5. The predicted octanol–water partition coefficient (Wildman–Crippen LogP) is 5.38. The molecule has 0 aliphatic heterocycles. The Morgan fingerprint density at radius 1 is 1.16 bits per heavy atom. The van der Waals surface area contributed by atoms with E-state index in [0.717, 1.165) is 57.5 Å². The number of aromatic nitrogens is 3. The fourth-order valence-electron chi connectivity index (χ4n) is 3.41. The molecule has 6 nitrogen and oxygen atoms in total.